The van der Waals surface area contributed by atoms with Crippen molar-refractivity contribution in [3.8, 4) is 0 Å². The van der Waals surface area contributed by atoms with Crippen molar-refractivity contribution in [2.75, 3.05) is 18.0 Å². The van der Waals surface area contributed by atoms with E-state index in [-0.39, 0.29) is 0 Å². The Balaban J connectivity index is 1.75. The summed E-state index contributed by atoms with van der Waals surface area (Å²) < 4.78 is 0. The van der Waals surface area contributed by atoms with E-state index in [1.54, 1.807) is 0 Å². The summed E-state index contributed by atoms with van der Waals surface area (Å²) in [5.74, 6) is 0.859. The first-order valence-electron chi connectivity index (χ1n) is 8.53. The van der Waals surface area contributed by atoms with Crippen LogP contribution in [0.5, 0.6) is 0 Å². The first-order chi connectivity index (χ1) is 10.3. The highest BCUT2D eigenvalue weighted by molar-refractivity contribution is 6.30. The summed E-state index contributed by atoms with van der Waals surface area (Å²) in [6.07, 6.45) is 8.24. The van der Waals surface area contributed by atoms with Gasteiger partial charge in [-0.05, 0) is 43.4 Å². The Morgan fingerprint density at radius 2 is 2.05 bits per heavy atom. The minimum absolute atomic E-state index is 0.586. The van der Waals surface area contributed by atoms with Crippen LogP contribution in [-0.2, 0) is 0 Å². The number of nitrogens with one attached hydrogen (secondary N) is 1. The molecule has 0 bridgehead atoms. The van der Waals surface area contributed by atoms with Crippen LogP contribution in [0, 0.1) is 5.92 Å². The van der Waals surface area contributed by atoms with Gasteiger partial charge in [-0.25, -0.2) is 0 Å². The molecule has 0 amide bonds. The second kappa shape index (κ2) is 7.02. The number of halogens is 1. The van der Waals surface area contributed by atoms with Crippen LogP contribution in [-0.4, -0.2) is 25.2 Å². The average Bonchev–Trinajstić information content (AvgIpc) is 2.55. The number of benzene rings is 1. The molecule has 1 N–H and O–H groups in total. The molecule has 2 nitrogen and oxygen atoms in total. The molecule has 1 aliphatic carbocycles. The largest absolute Gasteiger partial charge is 0.366 e. The molecule has 2 aliphatic rings. The van der Waals surface area contributed by atoms with Crippen LogP contribution in [0.4, 0.5) is 5.69 Å². The fourth-order valence-electron chi connectivity index (χ4n) is 4.01. The van der Waals surface area contributed by atoms with Crippen LogP contribution >= 0.6 is 11.6 Å². The lowest BCUT2D eigenvalue weighted by Crippen LogP contribution is -2.59. The Morgan fingerprint density at radius 1 is 1.24 bits per heavy atom. The van der Waals surface area contributed by atoms with Crippen LogP contribution in [0.3, 0.4) is 0 Å². The first-order valence-corrected chi connectivity index (χ1v) is 8.91. The van der Waals surface area contributed by atoms with Crippen LogP contribution < -0.4 is 10.2 Å². The zero-order valence-electron chi connectivity index (χ0n) is 13.0. The van der Waals surface area contributed by atoms with E-state index in [1.807, 2.05) is 6.07 Å². The molecule has 0 spiro atoms. The van der Waals surface area contributed by atoms with Crippen molar-refractivity contribution >= 4 is 17.3 Å². The highest BCUT2D eigenvalue weighted by Gasteiger charge is 2.32. The third kappa shape index (κ3) is 3.54. The molecule has 21 heavy (non-hydrogen) atoms. The number of nitrogens with zero attached hydrogens (tertiary/aromatic N) is 1. The van der Waals surface area contributed by atoms with Gasteiger partial charge in [0.15, 0.2) is 0 Å². The topological polar surface area (TPSA) is 15.3 Å². The van der Waals surface area contributed by atoms with Gasteiger partial charge in [0.2, 0.25) is 0 Å². The predicted molar refractivity (Wildman–Crippen MR) is 91.2 cm³/mol. The van der Waals surface area contributed by atoms with Gasteiger partial charge in [0.05, 0.1) is 0 Å². The molecular formula is C18H27ClN2. The monoisotopic (exact) mass is 306 g/mol. The molecule has 2 fully saturated rings. The summed E-state index contributed by atoms with van der Waals surface area (Å²) >= 11 is 6.20. The van der Waals surface area contributed by atoms with E-state index < -0.39 is 0 Å². The van der Waals surface area contributed by atoms with Crippen molar-refractivity contribution in [2.45, 2.75) is 57.5 Å². The lowest BCUT2D eigenvalue weighted by atomic mass is 9.82. The van der Waals surface area contributed by atoms with E-state index in [4.69, 9.17) is 11.6 Å². The quantitative estimate of drug-likeness (QED) is 0.886. The molecule has 3 rings (SSSR count). The number of hydrogen-bond acceptors (Lipinski definition) is 2. The molecule has 2 unspecified atom stereocenters. The summed E-state index contributed by atoms with van der Waals surface area (Å²) in [5.41, 5.74) is 1.29. The Morgan fingerprint density at radius 3 is 2.76 bits per heavy atom. The summed E-state index contributed by atoms with van der Waals surface area (Å²) in [5, 5.41) is 4.67. The van der Waals surface area contributed by atoms with Crippen molar-refractivity contribution < 1.29 is 0 Å². The van der Waals surface area contributed by atoms with Gasteiger partial charge in [-0.3, -0.25) is 0 Å². The van der Waals surface area contributed by atoms with Gasteiger partial charge in [0.25, 0.3) is 0 Å². The van der Waals surface area contributed by atoms with E-state index in [9.17, 15) is 0 Å². The van der Waals surface area contributed by atoms with Crippen LogP contribution in [0.15, 0.2) is 24.3 Å². The smallest absolute Gasteiger partial charge is 0.0426 e. The normalized spacial score (nSPS) is 27.8. The molecule has 3 heteroatoms. The highest BCUT2D eigenvalue weighted by Crippen LogP contribution is 2.31. The minimum Gasteiger partial charge on any atom is -0.366 e. The van der Waals surface area contributed by atoms with E-state index in [0.29, 0.717) is 12.1 Å². The summed E-state index contributed by atoms with van der Waals surface area (Å²) in [6.45, 7) is 4.51. The molecule has 0 aromatic heterocycles. The predicted octanol–water partition coefficient (Wildman–Crippen LogP) is 4.48. The van der Waals surface area contributed by atoms with Crippen LogP contribution in [0.25, 0.3) is 0 Å². The average molecular weight is 307 g/mol. The lowest BCUT2D eigenvalue weighted by Gasteiger charge is -2.45. The van der Waals surface area contributed by atoms with Gasteiger partial charge >= 0.3 is 0 Å². The Bertz CT molecular complexity index is 456. The number of anilines is 1. The lowest BCUT2D eigenvalue weighted by molar-refractivity contribution is 0.240. The fraction of sp³-hybridized carbons (Fsp3) is 0.667. The molecule has 1 saturated carbocycles. The zero-order chi connectivity index (χ0) is 14.7. The third-order valence-corrected chi connectivity index (χ3v) is 5.51. The molecule has 1 aromatic carbocycles. The van der Waals surface area contributed by atoms with Crippen molar-refractivity contribution in [1.29, 1.82) is 0 Å². The molecule has 2 atom stereocenters. The van der Waals surface area contributed by atoms with Gasteiger partial charge in [0.1, 0.15) is 0 Å². The molecule has 1 heterocycles. The van der Waals surface area contributed by atoms with E-state index in [0.717, 1.165) is 24.0 Å². The van der Waals surface area contributed by atoms with Gasteiger partial charge in [-0.15, -0.1) is 0 Å². The molecule has 116 valence electrons. The second-order valence-electron chi connectivity index (χ2n) is 6.61. The zero-order valence-corrected chi connectivity index (χ0v) is 13.8. The Labute approximate surface area is 133 Å². The highest BCUT2D eigenvalue weighted by atomic mass is 35.5. The molecule has 1 aromatic rings. The van der Waals surface area contributed by atoms with Gasteiger partial charge in [-0.1, -0.05) is 43.9 Å². The van der Waals surface area contributed by atoms with Crippen LogP contribution in [0.1, 0.15) is 45.4 Å². The maximum atomic E-state index is 6.20. The van der Waals surface area contributed by atoms with Gasteiger partial charge in [-0.2, -0.15) is 0 Å². The van der Waals surface area contributed by atoms with Gasteiger partial charge < -0.3 is 10.2 Å². The second-order valence-corrected chi connectivity index (χ2v) is 7.04. The summed E-state index contributed by atoms with van der Waals surface area (Å²) in [6, 6.07) is 9.59. The molecule has 0 radical (unpaired) electrons. The maximum absolute atomic E-state index is 6.20. The summed E-state index contributed by atoms with van der Waals surface area (Å²) in [7, 11) is 0. The molecule has 1 aliphatic heterocycles. The maximum Gasteiger partial charge on any atom is 0.0426 e. The third-order valence-electron chi connectivity index (χ3n) is 5.28. The SMILES string of the molecule is CCC1CNC(C2CCCCC2)CN1c1cccc(Cl)c1. The van der Waals surface area contributed by atoms with E-state index in [1.165, 1.54) is 44.2 Å². The molecular weight excluding hydrogens is 280 g/mol. The van der Waals surface area contributed by atoms with Gasteiger partial charge in [0, 0.05) is 35.9 Å². The fourth-order valence-corrected chi connectivity index (χ4v) is 4.20. The van der Waals surface area contributed by atoms with Crippen LogP contribution in [0.2, 0.25) is 5.02 Å². The number of hydrogen-bond donors (Lipinski definition) is 1. The molecule has 1 saturated heterocycles. The first kappa shape index (κ1) is 15.2. The van der Waals surface area contributed by atoms with E-state index in [2.05, 4.69) is 35.3 Å². The Hall–Kier alpha value is -0.730. The van der Waals surface area contributed by atoms with Crippen molar-refractivity contribution in [1.82, 2.24) is 5.32 Å². The Kier molecular flexibility index (Phi) is 5.07. The van der Waals surface area contributed by atoms with E-state index >= 15 is 0 Å². The standard InChI is InChI=1S/C18H27ClN2/c1-2-16-12-20-18(14-7-4-3-5-8-14)13-21(16)17-10-6-9-15(19)11-17/h6,9-11,14,16,18,20H,2-5,7-8,12-13H2,1H3. The number of rotatable bonds is 3. The van der Waals surface area contributed by atoms with Crippen molar-refractivity contribution in [2.24, 2.45) is 5.92 Å². The summed E-state index contributed by atoms with van der Waals surface area (Å²) in [4.78, 5) is 2.58. The van der Waals surface area contributed by atoms with Crippen molar-refractivity contribution in [3.05, 3.63) is 29.3 Å². The minimum atomic E-state index is 0.586. The number of piperazine rings is 1. The van der Waals surface area contributed by atoms with Crippen molar-refractivity contribution in [3.63, 3.8) is 0 Å².